The van der Waals surface area contributed by atoms with E-state index >= 15 is 0 Å². The number of carbonyl (C=O) groups excluding carboxylic acids is 2. The largest absolute Gasteiger partial charge is 0.336 e. The number of rotatable bonds is 2. The number of nitrogens with zero attached hydrogens (tertiary/aromatic N) is 2. The van der Waals surface area contributed by atoms with Gasteiger partial charge in [-0.2, -0.15) is 0 Å². The quantitative estimate of drug-likeness (QED) is 0.787. The zero-order valence-electron chi connectivity index (χ0n) is 14.1. The molecule has 2 saturated carbocycles. The Balaban J connectivity index is 1.73. The van der Waals surface area contributed by atoms with Crippen molar-refractivity contribution in [2.75, 3.05) is 6.54 Å². The minimum absolute atomic E-state index is 0.157. The number of carbonyl (C=O) groups is 2. The second-order valence-electron chi connectivity index (χ2n) is 7.60. The molecule has 1 aliphatic heterocycles. The van der Waals surface area contributed by atoms with Gasteiger partial charge in [0.1, 0.15) is 0 Å². The van der Waals surface area contributed by atoms with Crippen LogP contribution < -0.4 is 0 Å². The van der Waals surface area contributed by atoms with E-state index in [0.29, 0.717) is 11.8 Å². The van der Waals surface area contributed by atoms with E-state index in [1.807, 2.05) is 0 Å². The van der Waals surface area contributed by atoms with Gasteiger partial charge in [0, 0.05) is 25.9 Å². The number of hydrogen-bond acceptors (Lipinski definition) is 2. The zero-order chi connectivity index (χ0) is 15.7. The van der Waals surface area contributed by atoms with Gasteiger partial charge in [-0.1, -0.05) is 25.7 Å². The standard InChI is InChI=1S/C18H30N2O2/c1-13-12-19(18(22)11-15-7-3-4-8-15)16-9-5-6-10-17(16)20(13)14(2)21/h13,15-17H,3-12H2,1-2H3/t13-,16?,17?/m0/s1. The third kappa shape index (κ3) is 3.02. The molecule has 0 radical (unpaired) electrons. The zero-order valence-corrected chi connectivity index (χ0v) is 14.1. The predicted octanol–water partition coefficient (Wildman–Crippen LogP) is 2.96. The molecule has 2 amide bonds. The summed E-state index contributed by atoms with van der Waals surface area (Å²) in [5.41, 5.74) is 0. The maximum atomic E-state index is 12.9. The summed E-state index contributed by atoms with van der Waals surface area (Å²) >= 11 is 0. The molecule has 3 atom stereocenters. The number of amides is 2. The first kappa shape index (κ1) is 15.8. The van der Waals surface area contributed by atoms with E-state index in [-0.39, 0.29) is 24.0 Å². The van der Waals surface area contributed by atoms with Crippen LogP contribution in [0.3, 0.4) is 0 Å². The minimum atomic E-state index is 0.157. The average molecular weight is 306 g/mol. The lowest BCUT2D eigenvalue weighted by Crippen LogP contribution is -2.66. The van der Waals surface area contributed by atoms with Gasteiger partial charge in [0.15, 0.2) is 0 Å². The van der Waals surface area contributed by atoms with Gasteiger partial charge in [0.2, 0.25) is 11.8 Å². The topological polar surface area (TPSA) is 40.6 Å². The van der Waals surface area contributed by atoms with E-state index in [1.165, 1.54) is 38.5 Å². The number of piperazine rings is 1. The third-order valence-electron chi connectivity index (χ3n) is 6.01. The minimum Gasteiger partial charge on any atom is -0.336 e. The van der Waals surface area contributed by atoms with Crippen molar-refractivity contribution in [2.24, 2.45) is 5.92 Å². The fraction of sp³-hybridized carbons (Fsp3) is 0.889. The van der Waals surface area contributed by atoms with Gasteiger partial charge in [0.25, 0.3) is 0 Å². The van der Waals surface area contributed by atoms with Crippen LogP contribution in [0, 0.1) is 5.92 Å². The van der Waals surface area contributed by atoms with Crippen molar-refractivity contribution in [3.63, 3.8) is 0 Å². The van der Waals surface area contributed by atoms with Crippen molar-refractivity contribution in [3.05, 3.63) is 0 Å². The van der Waals surface area contributed by atoms with Crippen LogP contribution in [0.5, 0.6) is 0 Å². The molecule has 1 heterocycles. The van der Waals surface area contributed by atoms with Gasteiger partial charge in [-0.05, 0) is 38.5 Å². The first-order valence-corrected chi connectivity index (χ1v) is 9.16. The van der Waals surface area contributed by atoms with E-state index in [9.17, 15) is 9.59 Å². The average Bonchev–Trinajstić information content (AvgIpc) is 2.98. The van der Waals surface area contributed by atoms with Gasteiger partial charge < -0.3 is 9.80 Å². The number of fused-ring (bicyclic) bond motifs is 1. The fourth-order valence-corrected chi connectivity index (χ4v) is 5.02. The van der Waals surface area contributed by atoms with Gasteiger partial charge in [-0.3, -0.25) is 9.59 Å². The Bertz CT molecular complexity index is 431. The highest BCUT2D eigenvalue weighted by molar-refractivity contribution is 5.78. The van der Waals surface area contributed by atoms with E-state index in [4.69, 9.17) is 0 Å². The summed E-state index contributed by atoms with van der Waals surface area (Å²) in [6.45, 7) is 4.51. The predicted molar refractivity (Wildman–Crippen MR) is 86.3 cm³/mol. The molecule has 0 aromatic carbocycles. The molecule has 4 heteroatoms. The Morgan fingerprint density at radius 3 is 2.18 bits per heavy atom. The maximum absolute atomic E-state index is 12.9. The van der Waals surface area contributed by atoms with Crippen molar-refractivity contribution in [1.29, 1.82) is 0 Å². The SMILES string of the molecule is CC(=O)N1C2CCCCC2N(C(=O)CC2CCCC2)C[C@@H]1C. The van der Waals surface area contributed by atoms with Crippen LogP contribution in [0.4, 0.5) is 0 Å². The molecule has 1 saturated heterocycles. The lowest BCUT2D eigenvalue weighted by molar-refractivity contribution is -0.153. The molecule has 0 aromatic heterocycles. The summed E-state index contributed by atoms with van der Waals surface area (Å²) < 4.78 is 0. The van der Waals surface area contributed by atoms with Crippen LogP contribution in [-0.4, -0.2) is 46.3 Å². The Labute approximate surface area is 134 Å². The van der Waals surface area contributed by atoms with Gasteiger partial charge in [-0.15, -0.1) is 0 Å². The summed E-state index contributed by atoms with van der Waals surface area (Å²) in [5.74, 6) is 1.13. The maximum Gasteiger partial charge on any atom is 0.223 e. The summed E-state index contributed by atoms with van der Waals surface area (Å²) in [6.07, 6.45) is 10.3. The summed E-state index contributed by atoms with van der Waals surface area (Å²) in [6, 6.07) is 0.676. The molecule has 22 heavy (non-hydrogen) atoms. The highest BCUT2D eigenvalue weighted by atomic mass is 16.2. The molecule has 2 unspecified atom stereocenters. The first-order chi connectivity index (χ1) is 10.6. The summed E-state index contributed by atoms with van der Waals surface area (Å²) in [5, 5.41) is 0. The highest BCUT2D eigenvalue weighted by Gasteiger charge is 2.44. The Morgan fingerprint density at radius 2 is 1.55 bits per heavy atom. The molecule has 3 aliphatic rings. The highest BCUT2D eigenvalue weighted by Crippen LogP contribution is 2.35. The van der Waals surface area contributed by atoms with Crippen LogP contribution in [0.15, 0.2) is 0 Å². The van der Waals surface area contributed by atoms with Crippen molar-refractivity contribution >= 4 is 11.8 Å². The monoisotopic (exact) mass is 306 g/mol. The molecule has 2 aliphatic carbocycles. The van der Waals surface area contributed by atoms with Gasteiger partial charge >= 0.3 is 0 Å². The van der Waals surface area contributed by atoms with E-state index in [0.717, 1.165) is 25.8 Å². The molecule has 4 nitrogen and oxygen atoms in total. The molecule has 0 N–H and O–H groups in total. The lowest BCUT2D eigenvalue weighted by atomic mass is 9.84. The van der Waals surface area contributed by atoms with Crippen LogP contribution in [0.2, 0.25) is 0 Å². The molecule has 0 aromatic rings. The third-order valence-corrected chi connectivity index (χ3v) is 6.01. The second-order valence-corrected chi connectivity index (χ2v) is 7.60. The van der Waals surface area contributed by atoms with Crippen LogP contribution in [0.1, 0.15) is 71.6 Å². The van der Waals surface area contributed by atoms with Crippen LogP contribution in [-0.2, 0) is 9.59 Å². The van der Waals surface area contributed by atoms with E-state index in [2.05, 4.69) is 16.7 Å². The first-order valence-electron chi connectivity index (χ1n) is 9.16. The smallest absolute Gasteiger partial charge is 0.223 e. The fourth-order valence-electron chi connectivity index (χ4n) is 5.02. The van der Waals surface area contributed by atoms with Crippen LogP contribution in [0.25, 0.3) is 0 Å². The summed E-state index contributed by atoms with van der Waals surface area (Å²) in [4.78, 5) is 29.1. The van der Waals surface area contributed by atoms with Gasteiger partial charge in [-0.25, -0.2) is 0 Å². The molecule has 3 fully saturated rings. The van der Waals surface area contributed by atoms with Crippen molar-refractivity contribution < 1.29 is 9.59 Å². The number of hydrogen-bond donors (Lipinski definition) is 0. The molecular weight excluding hydrogens is 276 g/mol. The molecule has 0 bridgehead atoms. The van der Waals surface area contributed by atoms with Gasteiger partial charge in [0.05, 0.1) is 12.1 Å². The normalized spacial score (nSPS) is 32.9. The lowest BCUT2D eigenvalue weighted by Gasteiger charge is -2.53. The van der Waals surface area contributed by atoms with Crippen LogP contribution >= 0.6 is 0 Å². The molecule has 124 valence electrons. The van der Waals surface area contributed by atoms with Crippen molar-refractivity contribution in [2.45, 2.75) is 89.8 Å². The Kier molecular flexibility index (Phi) is 4.74. The Morgan fingerprint density at radius 1 is 0.955 bits per heavy atom. The second kappa shape index (κ2) is 6.59. The van der Waals surface area contributed by atoms with Crippen molar-refractivity contribution in [1.82, 2.24) is 9.80 Å². The summed E-state index contributed by atoms with van der Waals surface area (Å²) in [7, 11) is 0. The molecule has 0 spiro atoms. The molecule has 3 rings (SSSR count). The molecular formula is C18H30N2O2. The Hall–Kier alpha value is -1.06. The van der Waals surface area contributed by atoms with E-state index < -0.39 is 0 Å². The van der Waals surface area contributed by atoms with E-state index in [1.54, 1.807) is 6.92 Å². The van der Waals surface area contributed by atoms with Crippen molar-refractivity contribution in [3.8, 4) is 0 Å².